The summed E-state index contributed by atoms with van der Waals surface area (Å²) in [5.74, 6) is 0.0513. The monoisotopic (exact) mass is 284 g/mol. The summed E-state index contributed by atoms with van der Waals surface area (Å²) in [4.78, 5) is 0. The number of aliphatic hydroxyl groups excluding tert-OH is 1. The highest BCUT2D eigenvalue weighted by Crippen LogP contribution is 2.33. The molecule has 0 aliphatic carbocycles. The number of rotatable bonds is 5. The molecule has 1 aromatic heterocycles. The summed E-state index contributed by atoms with van der Waals surface area (Å²) in [6.07, 6.45) is 2.17. The van der Waals surface area contributed by atoms with Gasteiger partial charge in [0.15, 0.2) is 11.5 Å². The van der Waals surface area contributed by atoms with Crippen LogP contribution in [0.2, 0.25) is 0 Å². The Labute approximate surface area is 114 Å². The number of hydrogen-bond acceptors (Lipinski definition) is 4. The molecular weight excluding hydrogens is 270 g/mol. The largest absolute Gasteiger partial charge is 0.493 e. The first-order valence-electron chi connectivity index (χ1n) is 5.80. The van der Waals surface area contributed by atoms with E-state index in [1.165, 1.54) is 25.4 Å². The third-order valence-electron chi connectivity index (χ3n) is 2.76. The van der Waals surface area contributed by atoms with Gasteiger partial charge in [0.25, 0.3) is 0 Å². The van der Waals surface area contributed by atoms with E-state index in [1.54, 1.807) is 24.0 Å². The molecule has 0 saturated heterocycles. The zero-order chi connectivity index (χ0) is 14.7. The molecule has 1 aromatic carbocycles. The summed E-state index contributed by atoms with van der Waals surface area (Å²) in [6, 6.07) is 4.37. The van der Waals surface area contributed by atoms with Gasteiger partial charge in [-0.3, -0.25) is 4.68 Å². The quantitative estimate of drug-likeness (QED) is 0.913. The maximum atomic E-state index is 12.3. The SMILES string of the molecule is COc1ccc(C(O)c2cnn(C)c2)cc1OC(F)F. The standard InChI is InChI=1S/C13H14F2N2O3/c1-17-7-9(6-16-17)12(18)8-3-4-10(19-2)11(5-8)20-13(14)15/h3-7,12-13,18H,1-2H3. The maximum Gasteiger partial charge on any atom is 0.387 e. The van der Waals surface area contributed by atoms with Gasteiger partial charge in [-0.05, 0) is 17.7 Å². The van der Waals surface area contributed by atoms with Crippen LogP contribution in [0.25, 0.3) is 0 Å². The lowest BCUT2D eigenvalue weighted by Crippen LogP contribution is -2.05. The van der Waals surface area contributed by atoms with Gasteiger partial charge in [-0.25, -0.2) is 0 Å². The van der Waals surface area contributed by atoms with Gasteiger partial charge < -0.3 is 14.6 Å². The van der Waals surface area contributed by atoms with Gasteiger partial charge in [0.2, 0.25) is 0 Å². The zero-order valence-corrected chi connectivity index (χ0v) is 11.0. The first-order chi connectivity index (χ1) is 9.51. The van der Waals surface area contributed by atoms with Crippen molar-refractivity contribution in [3.05, 3.63) is 41.7 Å². The van der Waals surface area contributed by atoms with E-state index in [4.69, 9.17) is 4.74 Å². The fraction of sp³-hybridized carbons (Fsp3) is 0.308. The topological polar surface area (TPSA) is 56.5 Å². The molecule has 1 unspecified atom stereocenters. The molecular formula is C13H14F2N2O3. The van der Waals surface area contributed by atoms with Crippen molar-refractivity contribution in [3.8, 4) is 11.5 Å². The fourth-order valence-electron chi connectivity index (χ4n) is 1.83. The maximum absolute atomic E-state index is 12.3. The van der Waals surface area contributed by atoms with Gasteiger partial charge in [0.1, 0.15) is 6.10 Å². The minimum Gasteiger partial charge on any atom is -0.493 e. The number of methoxy groups -OCH3 is 1. The van der Waals surface area contributed by atoms with Crippen LogP contribution in [0.4, 0.5) is 8.78 Å². The van der Waals surface area contributed by atoms with Gasteiger partial charge in [-0.15, -0.1) is 0 Å². The lowest BCUT2D eigenvalue weighted by Gasteiger charge is -2.14. The fourth-order valence-corrected chi connectivity index (χ4v) is 1.83. The number of halogens is 2. The second-order valence-corrected chi connectivity index (χ2v) is 4.14. The Morgan fingerprint density at radius 3 is 2.55 bits per heavy atom. The van der Waals surface area contributed by atoms with Crippen LogP contribution >= 0.6 is 0 Å². The Hall–Kier alpha value is -2.15. The zero-order valence-electron chi connectivity index (χ0n) is 11.0. The highest BCUT2D eigenvalue weighted by Gasteiger charge is 2.17. The Morgan fingerprint density at radius 2 is 2.00 bits per heavy atom. The Bertz CT molecular complexity index is 587. The molecule has 0 aliphatic rings. The summed E-state index contributed by atoms with van der Waals surface area (Å²) in [6.45, 7) is -2.96. The second-order valence-electron chi connectivity index (χ2n) is 4.14. The molecule has 2 aromatic rings. The first-order valence-corrected chi connectivity index (χ1v) is 5.80. The van der Waals surface area contributed by atoms with E-state index >= 15 is 0 Å². The number of benzene rings is 1. The molecule has 1 atom stereocenters. The van der Waals surface area contributed by atoms with Crippen molar-refractivity contribution in [2.75, 3.05) is 7.11 Å². The molecule has 20 heavy (non-hydrogen) atoms. The molecule has 0 aliphatic heterocycles. The van der Waals surface area contributed by atoms with E-state index in [-0.39, 0.29) is 11.5 Å². The molecule has 108 valence electrons. The average Bonchev–Trinajstić information content (AvgIpc) is 2.84. The Kier molecular flexibility index (Phi) is 4.19. The third kappa shape index (κ3) is 3.05. The molecule has 7 heteroatoms. The van der Waals surface area contributed by atoms with Crippen LogP contribution in [0, 0.1) is 0 Å². The number of nitrogens with zero attached hydrogens (tertiary/aromatic N) is 2. The molecule has 2 rings (SSSR count). The van der Waals surface area contributed by atoms with Crippen molar-refractivity contribution >= 4 is 0 Å². The van der Waals surface area contributed by atoms with Crippen LogP contribution in [0.5, 0.6) is 11.5 Å². The number of alkyl halides is 2. The molecule has 0 fully saturated rings. The molecule has 0 bridgehead atoms. The van der Waals surface area contributed by atoms with Crippen molar-refractivity contribution in [2.24, 2.45) is 7.05 Å². The van der Waals surface area contributed by atoms with E-state index in [0.29, 0.717) is 11.1 Å². The summed E-state index contributed by atoms with van der Waals surface area (Å²) in [7, 11) is 3.07. The molecule has 5 nitrogen and oxygen atoms in total. The Balaban J connectivity index is 2.32. The van der Waals surface area contributed by atoms with Crippen LogP contribution in [-0.4, -0.2) is 28.6 Å². The highest BCUT2D eigenvalue weighted by atomic mass is 19.3. The van der Waals surface area contributed by atoms with Crippen molar-refractivity contribution < 1.29 is 23.4 Å². The van der Waals surface area contributed by atoms with Crippen molar-refractivity contribution in [3.63, 3.8) is 0 Å². The van der Waals surface area contributed by atoms with E-state index in [0.717, 1.165) is 0 Å². The van der Waals surface area contributed by atoms with Gasteiger partial charge in [0.05, 0.1) is 13.3 Å². The minimum atomic E-state index is -2.96. The molecule has 0 amide bonds. The van der Waals surface area contributed by atoms with Gasteiger partial charge >= 0.3 is 6.61 Å². The average molecular weight is 284 g/mol. The van der Waals surface area contributed by atoms with E-state index < -0.39 is 12.7 Å². The molecule has 0 spiro atoms. The second kappa shape index (κ2) is 5.87. The lowest BCUT2D eigenvalue weighted by atomic mass is 10.0. The molecule has 1 heterocycles. The predicted molar refractivity (Wildman–Crippen MR) is 66.9 cm³/mol. The van der Waals surface area contributed by atoms with Gasteiger partial charge in [0, 0.05) is 18.8 Å². The van der Waals surface area contributed by atoms with Crippen molar-refractivity contribution in [1.29, 1.82) is 0 Å². The van der Waals surface area contributed by atoms with Crippen molar-refractivity contribution in [1.82, 2.24) is 9.78 Å². The smallest absolute Gasteiger partial charge is 0.387 e. The van der Waals surface area contributed by atoms with E-state index in [2.05, 4.69) is 9.84 Å². The van der Waals surface area contributed by atoms with Crippen LogP contribution in [0.3, 0.4) is 0 Å². The van der Waals surface area contributed by atoms with Gasteiger partial charge in [-0.1, -0.05) is 6.07 Å². The molecule has 0 radical (unpaired) electrons. The number of ether oxygens (including phenoxy) is 2. The number of aliphatic hydroxyl groups is 1. The summed E-state index contributed by atoms with van der Waals surface area (Å²) >= 11 is 0. The summed E-state index contributed by atoms with van der Waals surface area (Å²) < 4.78 is 35.5. The minimum absolute atomic E-state index is 0.122. The summed E-state index contributed by atoms with van der Waals surface area (Å²) in [5.41, 5.74) is 0.968. The van der Waals surface area contributed by atoms with Crippen LogP contribution in [0.1, 0.15) is 17.2 Å². The molecule has 1 N–H and O–H groups in total. The summed E-state index contributed by atoms with van der Waals surface area (Å²) in [5, 5.41) is 14.1. The van der Waals surface area contributed by atoms with Crippen LogP contribution in [0.15, 0.2) is 30.6 Å². The normalized spacial score (nSPS) is 12.5. The van der Waals surface area contributed by atoms with Crippen LogP contribution in [-0.2, 0) is 7.05 Å². The third-order valence-corrected chi connectivity index (χ3v) is 2.76. The van der Waals surface area contributed by atoms with Gasteiger partial charge in [-0.2, -0.15) is 13.9 Å². The van der Waals surface area contributed by atoms with E-state index in [1.807, 2.05) is 0 Å². The van der Waals surface area contributed by atoms with Crippen molar-refractivity contribution in [2.45, 2.75) is 12.7 Å². The number of aryl methyl sites for hydroxylation is 1. The lowest BCUT2D eigenvalue weighted by molar-refractivity contribution is -0.0513. The highest BCUT2D eigenvalue weighted by molar-refractivity contribution is 5.45. The molecule has 0 saturated carbocycles. The predicted octanol–water partition coefficient (Wildman–Crippen LogP) is 2.11. The van der Waals surface area contributed by atoms with Crippen LogP contribution < -0.4 is 9.47 Å². The Morgan fingerprint density at radius 1 is 1.25 bits per heavy atom. The number of hydrogen-bond donors (Lipinski definition) is 1. The van der Waals surface area contributed by atoms with E-state index in [9.17, 15) is 13.9 Å². The number of aromatic nitrogens is 2. The first kappa shape index (κ1) is 14.3.